The van der Waals surface area contributed by atoms with Gasteiger partial charge in [-0.1, -0.05) is 6.07 Å². The fourth-order valence-electron chi connectivity index (χ4n) is 3.50. The molecule has 0 saturated carbocycles. The topological polar surface area (TPSA) is 44.3 Å². The van der Waals surface area contributed by atoms with Crippen LogP contribution >= 0.6 is 0 Å². The van der Waals surface area contributed by atoms with Crippen LogP contribution in [0.4, 0.5) is 15.9 Å². The molecule has 1 aromatic heterocycles. The van der Waals surface area contributed by atoms with Gasteiger partial charge in [-0.05, 0) is 49.6 Å². The van der Waals surface area contributed by atoms with Gasteiger partial charge in [0.15, 0.2) is 5.82 Å². The minimum absolute atomic E-state index is 0.143. The van der Waals surface area contributed by atoms with E-state index in [1.165, 1.54) is 6.07 Å². The van der Waals surface area contributed by atoms with Crippen LogP contribution in [0, 0.1) is 5.82 Å². The fourth-order valence-corrected chi connectivity index (χ4v) is 3.50. The van der Waals surface area contributed by atoms with Crippen molar-refractivity contribution < 1.29 is 4.39 Å². The zero-order valence-corrected chi connectivity index (χ0v) is 15.1. The molecule has 0 amide bonds. The highest BCUT2D eigenvalue weighted by Crippen LogP contribution is 2.27. The third-order valence-electron chi connectivity index (χ3n) is 4.73. The number of benzene rings is 1. The average molecular weight is 343 g/mol. The summed E-state index contributed by atoms with van der Waals surface area (Å²) in [4.78, 5) is 4.24. The Bertz CT molecular complexity index is 691. The van der Waals surface area contributed by atoms with Crippen LogP contribution in [0.15, 0.2) is 36.5 Å². The molecule has 1 saturated heterocycles. The summed E-state index contributed by atoms with van der Waals surface area (Å²) in [7, 11) is 3.89. The van der Waals surface area contributed by atoms with Gasteiger partial charge in [0.2, 0.25) is 0 Å². The molecule has 134 valence electrons. The van der Waals surface area contributed by atoms with Crippen molar-refractivity contribution in [2.75, 3.05) is 37.0 Å². The lowest BCUT2D eigenvalue weighted by atomic mass is 10.0. The van der Waals surface area contributed by atoms with E-state index < -0.39 is 0 Å². The van der Waals surface area contributed by atoms with Gasteiger partial charge in [0.05, 0.1) is 0 Å². The monoisotopic (exact) mass is 343 g/mol. The minimum atomic E-state index is -0.203. The van der Waals surface area contributed by atoms with E-state index in [0.29, 0.717) is 6.04 Å². The Morgan fingerprint density at radius 3 is 2.88 bits per heavy atom. The molecule has 1 aromatic carbocycles. The molecule has 0 spiro atoms. The highest BCUT2D eigenvalue weighted by atomic mass is 19.1. The summed E-state index contributed by atoms with van der Waals surface area (Å²) in [6, 6.07) is 9.45. The van der Waals surface area contributed by atoms with Gasteiger partial charge < -0.3 is 15.1 Å². The Labute approximate surface area is 148 Å². The molecule has 1 fully saturated rings. The molecule has 3 rings (SSSR count). The first-order valence-electron chi connectivity index (χ1n) is 8.80. The van der Waals surface area contributed by atoms with Gasteiger partial charge in [-0.2, -0.15) is 5.10 Å². The van der Waals surface area contributed by atoms with Crippen molar-refractivity contribution >= 4 is 11.5 Å². The first-order valence-corrected chi connectivity index (χ1v) is 8.80. The number of hydrogen-bond acceptors (Lipinski definition) is 5. The second kappa shape index (κ2) is 7.78. The maximum atomic E-state index is 13.6. The van der Waals surface area contributed by atoms with Crippen molar-refractivity contribution in [2.24, 2.45) is 0 Å². The van der Waals surface area contributed by atoms with Crippen LogP contribution in [0.2, 0.25) is 0 Å². The van der Waals surface area contributed by atoms with Crippen LogP contribution in [0.5, 0.6) is 0 Å². The third-order valence-corrected chi connectivity index (χ3v) is 4.73. The van der Waals surface area contributed by atoms with E-state index in [4.69, 9.17) is 0 Å². The number of aromatic nitrogens is 2. The number of piperidine rings is 1. The number of nitrogens with one attached hydrogen (secondary N) is 1. The van der Waals surface area contributed by atoms with Crippen LogP contribution in [-0.4, -0.2) is 43.4 Å². The molecular formula is C19H26FN5. The number of halogens is 1. The highest BCUT2D eigenvalue weighted by molar-refractivity contribution is 5.54. The molecule has 1 N–H and O–H groups in total. The van der Waals surface area contributed by atoms with Crippen molar-refractivity contribution in [3.8, 4) is 0 Å². The molecule has 1 aliphatic heterocycles. The van der Waals surface area contributed by atoms with Crippen LogP contribution in [0.3, 0.4) is 0 Å². The van der Waals surface area contributed by atoms with Crippen molar-refractivity contribution in [3.05, 3.63) is 47.9 Å². The molecule has 1 aliphatic rings. The lowest BCUT2D eigenvalue weighted by Crippen LogP contribution is -2.46. The van der Waals surface area contributed by atoms with Gasteiger partial charge in [0.25, 0.3) is 0 Å². The van der Waals surface area contributed by atoms with E-state index in [2.05, 4.69) is 27.3 Å². The van der Waals surface area contributed by atoms with Gasteiger partial charge in [-0.3, -0.25) is 0 Å². The number of hydrogen-bond donors (Lipinski definition) is 1. The first-order chi connectivity index (χ1) is 12.0. The molecule has 2 aromatic rings. The van der Waals surface area contributed by atoms with E-state index in [1.54, 1.807) is 12.3 Å². The first kappa shape index (κ1) is 17.6. The summed E-state index contributed by atoms with van der Waals surface area (Å²) in [6.45, 7) is 4.05. The zero-order valence-electron chi connectivity index (χ0n) is 15.1. The zero-order chi connectivity index (χ0) is 17.8. The maximum absolute atomic E-state index is 13.6. The molecule has 2 atom stereocenters. The standard InChI is InChI=1S/C19H26FN5/c1-14(17-9-8-15(20)12-18(17)24(2)3)22-16-6-5-11-25(13-16)19-7-4-10-21-23-19/h4,7-10,12,14,16,22H,5-6,11,13H2,1-3H3/t14-,16-/m0/s1. The number of anilines is 2. The lowest BCUT2D eigenvalue weighted by molar-refractivity contribution is 0.387. The smallest absolute Gasteiger partial charge is 0.151 e. The maximum Gasteiger partial charge on any atom is 0.151 e. The molecule has 0 aliphatic carbocycles. The molecule has 0 radical (unpaired) electrons. The normalized spacial score (nSPS) is 18.9. The Morgan fingerprint density at radius 2 is 2.16 bits per heavy atom. The van der Waals surface area contributed by atoms with Crippen molar-refractivity contribution in [3.63, 3.8) is 0 Å². The fraction of sp³-hybridized carbons (Fsp3) is 0.474. The molecule has 0 bridgehead atoms. The quantitative estimate of drug-likeness (QED) is 0.904. The second-order valence-corrected chi connectivity index (χ2v) is 6.85. The van der Waals surface area contributed by atoms with E-state index in [9.17, 15) is 4.39 Å². The Hall–Kier alpha value is -2.21. The van der Waals surface area contributed by atoms with Crippen molar-refractivity contribution in [1.29, 1.82) is 0 Å². The van der Waals surface area contributed by atoms with Crippen LogP contribution in [0.1, 0.15) is 31.4 Å². The summed E-state index contributed by atoms with van der Waals surface area (Å²) in [5, 5.41) is 11.9. The lowest BCUT2D eigenvalue weighted by Gasteiger charge is -2.35. The molecule has 5 nitrogen and oxygen atoms in total. The second-order valence-electron chi connectivity index (χ2n) is 6.85. The van der Waals surface area contributed by atoms with E-state index in [-0.39, 0.29) is 11.9 Å². The largest absolute Gasteiger partial charge is 0.377 e. The van der Waals surface area contributed by atoms with Crippen molar-refractivity contribution in [2.45, 2.75) is 31.8 Å². The highest BCUT2D eigenvalue weighted by Gasteiger charge is 2.23. The van der Waals surface area contributed by atoms with Gasteiger partial charge in [-0.25, -0.2) is 4.39 Å². The van der Waals surface area contributed by atoms with Gasteiger partial charge >= 0.3 is 0 Å². The van der Waals surface area contributed by atoms with E-state index in [1.807, 2.05) is 37.2 Å². The van der Waals surface area contributed by atoms with Crippen LogP contribution in [0.25, 0.3) is 0 Å². The Morgan fingerprint density at radius 1 is 1.32 bits per heavy atom. The summed E-state index contributed by atoms with van der Waals surface area (Å²) < 4.78 is 13.6. The Kier molecular flexibility index (Phi) is 5.48. The third kappa shape index (κ3) is 4.25. The minimum Gasteiger partial charge on any atom is -0.377 e. The molecule has 6 heteroatoms. The Balaban J connectivity index is 1.70. The van der Waals surface area contributed by atoms with Gasteiger partial charge in [0.1, 0.15) is 5.82 Å². The molecule has 2 heterocycles. The molecular weight excluding hydrogens is 317 g/mol. The SMILES string of the molecule is C[C@H](N[C@H]1CCCN(c2cccnn2)C1)c1ccc(F)cc1N(C)C. The summed E-state index contributed by atoms with van der Waals surface area (Å²) in [6.07, 6.45) is 3.94. The number of nitrogens with zero attached hydrogens (tertiary/aromatic N) is 4. The van der Waals surface area contributed by atoms with E-state index in [0.717, 1.165) is 43.0 Å². The van der Waals surface area contributed by atoms with Gasteiger partial charge in [-0.15, -0.1) is 5.10 Å². The van der Waals surface area contributed by atoms with E-state index >= 15 is 0 Å². The van der Waals surface area contributed by atoms with Crippen molar-refractivity contribution in [1.82, 2.24) is 15.5 Å². The summed E-state index contributed by atoms with van der Waals surface area (Å²) in [5.41, 5.74) is 2.03. The predicted octanol–water partition coefficient (Wildman–Crippen LogP) is 3.00. The van der Waals surface area contributed by atoms with Crippen LogP contribution in [-0.2, 0) is 0 Å². The average Bonchev–Trinajstić information content (AvgIpc) is 2.62. The predicted molar refractivity (Wildman–Crippen MR) is 99.5 cm³/mol. The van der Waals surface area contributed by atoms with Crippen LogP contribution < -0.4 is 15.1 Å². The number of rotatable bonds is 5. The summed E-state index contributed by atoms with van der Waals surface area (Å²) in [5.74, 6) is 0.726. The van der Waals surface area contributed by atoms with Gasteiger partial charge in [0, 0.05) is 51.2 Å². The summed E-state index contributed by atoms with van der Waals surface area (Å²) >= 11 is 0. The molecule has 25 heavy (non-hydrogen) atoms. The molecule has 0 unspecified atom stereocenters.